The number of carbonyl (C=O) groups is 2. The fourth-order valence-electron chi connectivity index (χ4n) is 3.30. The number of carbonyl (C=O) groups excluding carboxylic acids is 2. The number of nitrogens with zero attached hydrogens (tertiary/aromatic N) is 1. The first-order valence-electron chi connectivity index (χ1n) is 9.93. The van der Waals surface area contributed by atoms with E-state index in [2.05, 4.69) is 5.32 Å². The summed E-state index contributed by atoms with van der Waals surface area (Å²) in [7, 11) is 1.43. The van der Waals surface area contributed by atoms with E-state index in [1.165, 1.54) is 7.11 Å². The number of alkyl halides is 3. The van der Waals surface area contributed by atoms with Crippen LogP contribution in [0.1, 0.15) is 39.2 Å². The summed E-state index contributed by atoms with van der Waals surface area (Å²) < 4.78 is 56.4. The number of hydrogen-bond donors (Lipinski definition) is 1. The second-order valence-electron chi connectivity index (χ2n) is 8.47. The molecule has 10 heteroatoms. The Morgan fingerprint density at radius 1 is 1.16 bits per heavy atom. The smallest absolute Gasteiger partial charge is 0.408 e. The van der Waals surface area contributed by atoms with Crippen molar-refractivity contribution >= 4 is 12.0 Å². The molecule has 0 bridgehead atoms. The minimum absolute atomic E-state index is 0.0693. The molecule has 1 aromatic carbocycles. The third-order valence-corrected chi connectivity index (χ3v) is 4.67. The lowest BCUT2D eigenvalue weighted by Gasteiger charge is -2.40. The van der Waals surface area contributed by atoms with Crippen LogP contribution in [0.25, 0.3) is 0 Å². The minimum atomic E-state index is -4.59. The van der Waals surface area contributed by atoms with Gasteiger partial charge in [-0.05, 0) is 58.2 Å². The molecule has 2 amide bonds. The van der Waals surface area contributed by atoms with E-state index in [1.807, 2.05) is 6.92 Å². The predicted molar refractivity (Wildman–Crippen MR) is 107 cm³/mol. The predicted octanol–water partition coefficient (Wildman–Crippen LogP) is 3.83. The van der Waals surface area contributed by atoms with Gasteiger partial charge in [-0.2, -0.15) is 13.2 Å². The lowest BCUT2D eigenvalue weighted by Crippen LogP contribution is -2.59. The topological polar surface area (TPSA) is 77.1 Å². The molecule has 1 aromatic rings. The van der Waals surface area contributed by atoms with Crippen LogP contribution < -0.4 is 14.8 Å². The molecule has 0 radical (unpaired) electrons. The number of aryl methyl sites for hydroxylation is 1. The van der Waals surface area contributed by atoms with Crippen LogP contribution in [0.2, 0.25) is 0 Å². The molecule has 0 aliphatic carbocycles. The fourth-order valence-corrected chi connectivity index (χ4v) is 3.30. The molecular formula is C21H29F3N2O5. The molecule has 2 atom stereocenters. The highest BCUT2D eigenvalue weighted by atomic mass is 19.4. The van der Waals surface area contributed by atoms with Crippen molar-refractivity contribution in [3.63, 3.8) is 0 Å². The second-order valence-corrected chi connectivity index (χ2v) is 8.47. The standard InChI is InChI=1S/C21H29F3N2O5/c1-13-6-8-15(16(10-13)29-5)30-12-18(27)26-11-14(7-9-17(26)21(22,23)24)25-19(28)31-20(2,3)4/h6,8,10,14,17H,7,9,11-12H2,1-5H3,(H,25,28)/t14-,17-/m0/s1. The van der Waals surface area contributed by atoms with Crippen molar-refractivity contribution in [2.24, 2.45) is 0 Å². The number of piperidine rings is 1. The summed E-state index contributed by atoms with van der Waals surface area (Å²) in [5.74, 6) is -0.200. The van der Waals surface area contributed by atoms with Gasteiger partial charge in [-0.25, -0.2) is 4.79 Å². The maximum atomic E-state index is 13.5. The molecule has 0 unspecified atom stereocenters. The van der Waals surface area contributed by atoms with Gasteiger partial charge in [0.15, 0.2) is 18.1 Å². The number of nitrogens with one attached hydrogen (secondary N) is 1. The molecule has 1 aliphatic heterocycles. The Hall–Kier alpha value is -2.65. The number of alkyl carbamates (subject to hydrolysis) is 1. The Morgan fingerprint density at radius 3 is 2.42 bits per heavy atom. The van der Waals surface area contributed by atoms with Crippen LogP contribution in [-0.4, -0.2) is 61.0 Å². The zero-order valence-electron chi connectivity index (χ0n) is 18.3. The van der Waals surface area contributed by atoms with Crippen LogP contribution >= 0.6 is 0 Å². The van der Waals surface area contributed by atoms with Gasteiger partial charge in [0.25, 0.3) is 5.91 Å². The maximum absolute atomic E-state index is 13.5. The number of likely N-dealkylation sites (tertiary alicyclic amines) is 1. The number of amides is 2. The molecule has 1 aliphatic rings. The van der Waals surface area contributed by atoms with Gasteiger partial charge < -0.3 is 24.4 Å². The SMILES string of the molecule is COc1cc(C)ccc1OCC(=O)N1C[C@@H](NC(=O)OC(C)(C)C)CC[C@H]1C(F)(F)F. The van der Waals surface area contributed by atoms with E-state index in [0.717, 1.165) is 5.56 Å². The van der Waals surface area contributed by atoms with Gasteiger partial charge in [-0.3, -0.25) is 4.79 Å². The van der Waals surface area contributed by atoms with Crippen LogP contribution in [0.5, 0.6) is 11.5 Å². The molecule has 174 valence electrons. The lowest BCUT2D eigenvalue weighted by molar-refractivity contribution is -0.198. The molecule has 0 saturated carbocycles. The molecule has 7 nitrogen and oxygen atoms in total. The van der Waals surface area contributed by atoms with Gasteiger partial charge in [-0.15, -0.1) is 0 Å². The van der Waals surface area contributed by atoms with Crippen molar-refractivity contribution in [2.45, 2.75) is 64.4 Å². The van der Waals surface area contributed by atoms with Crippen LogP contribution in [0.15, 0.2) is 18.2 Å². The Balaban J connectivity index is 2.09. The molecule has 31 heavy (non-hydrogen) atoms. The third kappa shape index (κ3) is 7.22. The van der Waals surface area contributed by atoms with E-state index in [0.29, 0.717) is 10.6 Å². The molecular weight excluding hydrogens is 417 g/mol. The molecule has 0 spiro atoms. The highest BCUT2D eigenvalue weighted by Crippen LogP contribution is 2.33. The normalized spacial score (nSPS) is 19.5. The summed E-state index contributed by atoms with van der Waals surface area (Å²) in [4.78, 5) is 25.4. The van der Waals surface area contributed by atoms with Crippen LogP contribution in [0.4, 0.5) is 18.0 Å². The van der Waals surface area contributed by atoms with E-state index in [9.17, 15) is 22.8 Å². The van der Waals surface area contributed by atoms with Crippen LogP contribution in [0, 0.1) is 6.92 Å². The molecule has 1 heterocycles. The van der Waals surface area contributed by atoms with E-state index < -0.39 is 42.5 Å². The Morgan fingerprint density at radius 2 is 1.84 bits per heavy atom. The third-order valence-electron chi connectivity index (χ3n) is 4.67. The van der Waals surface area contributed by atoms with Crippen molar-refractivity contribution in [3.05, 3.63) is 23.8 Å². The van der Waals surface area contributed by atoms with Gasteiger partial charge in [0.05, 0.1) is 7.11 Å². The first-order chi connectivity index (χ1) is 14.3. The minimum Gasteiger partial charge on any atom is -0.493 e. The second kappa shape index (κ2) is 9.65. The van der Waals surface area contributed by atoms with E-state index >= 15 is 0 Å². The van der Waals surface area contributed by atoms with Gasteiger partial charge in [-0.1, -0.05) is 6.07 Å². The average molecular weight is 446 g/mol. The molecule has 1 fully saturated rings. The summed E-state index contributed by atoms with van der Waals surface area (Å²) in [5.41, 5.74) is 0.156. The summed E-state index contributed by atoms with van der Waals surface area (Å²) >= 11 is 0. The number of rotatable bonds is 5. The van der Waals surface area contributed by atoms with Crippen molar-refractivity contribution in [1.29, 1.82) is 0 Å². The first-order valence-corrected chi connectivity index (χ1v) is 9.93. The number of halogens is 3. The Bertz CT molecular complexity index is 792. The Labute approximate surface area is 179 Å². The van der Waals surface area contributed by atoms with Gasteiger partial charge in [0.1, 0.15) is 11.6 Å². The van der Waals surface area contributed by atoms with Gasteiger partial charge in [0, 0.05) is 12.6 Å². The molecule has 2 rings (SSSR count). The average Bonchev–Trinajstić information content (AvgIpc) is 2.64. The number of benzene rings is 1. The van der Waals surface area contributed by atoms with Crippen molar-refractivity contribution in [3.8, 4) is 11.5 Å². The van der Waals surface area contributed by atoms with Crippen molar-refractivity contribution < 1.29 is 37.0 Å². The molecule has 0 aromatic heterocycles. The number of hydrogen-bond acceptors (Lipinski definition) is 5. The van der Waals surface area contributed by atoms with E-state index in [-0.39, 0.29) is 25.1 Å². The van der Waals surface area contributed by atoms with Gasteiger partial charge in [0.2, 0.25) is 0 Å². The number of methoxy groups -OCH3 is 1. The zero-order chi connectivity index (χ0) is 23.4. The van der Waals surface area contributed by atoms with Crippen LogP contribution in [0.3, 0.4) is 0 Å². The van der Waals surface area contributed by atoms with E-state index in [1.54, 1.807) is 39.0 Å². The van der Waals surface area contributed by atoms with E-state index in [4.69, 9.17) is 14.2 Å². The number of ether oxygens (including phenoxy) is 3. The molecule has 1 saturated heterocycles. The largest absolute Gasteiger partial charge is 0.493 e. The van der Waals surface area contributed by atoms with Crippen LogP contribution in [-0.2, 0) is 9.53 Å². The molecule has 1 N–H and O–H groups in total. The Kier molecular flexibility index (Phi) is 7.67. The zero-order valence-corrected chi connectivity index (χ0v) is 18.3. The fraction of sp³-hybridized carbons (Fsp3) is 0.619. The highest BCUT2D eigenvalue weighted by molar-refractivity contribution is 5.78. The van der Waals surface area contributed by atoms with Crippen molar-refractivity contribution in [1.82, 2.24) is 10.2 Å². The van der Waals surface area contributed by atoms with Gasteiger partial charge >= 0.3 is 12.3 Å². The summed E-state index contributed by atoms with van der Waals surface area (Å²) in [6.45, 7) is 6.00. The lowest BCUT2D eigenvalue weighted by atomic mass is 9.97. The summed E-state index contributed by atoms with van der Waals surface area (Å²) in [6, 6.07) is 2.42. The monoisotopic (exact) mass is 446 g/mol. The quantitative estimate of drug-likeness (QED) is 0.744. The summed E-state index contributed by atoms with van der Waals surface area (Å²) in [5, 5.41) is 2.55. The first kappa shape index (κ1) is 24.6. The summed E-state index contributed by atoms with van der Waals surface area (Å²) in [6.07, 6.45) is -5.59. The highest BCUT2D eigenvalue weighted by Gasteiger charge is 2.48. The maximum Gasteiger partial charge on any atom is 0.408 e. The van der Waals surface area contributed by atoms with Crippen molar-refractivity contribution in [2.75, 3.05) is 20.3 Å².